The quantitative estimate of drug-likeness (QED) is 0.558. The van der Waals surface area contributed by atoms with Crippen molar-refractivity contribution in [3.05, 3.63) is 47.8 Å². The zero-order chi connectivity index (χ0) is 16.8. The highest BCUT2D eigenvalue weighted by Gasteiger charge is 2.24. The molecule has 2 aromatic heterocycles. The van der Waals surface area contributed by atoms with Gasteiger partial charge in [0.15, 0.2) is 11.6 Å². The Balaban J connectivity index is 1.58. The van der Waals surface area contributed by atoms with E-state index in [0.29, 0.717) is 0 Å². The monoisotopic (exact) mass is 333 g/mol. The molecule has 5 rings (SSSR count). The molecule has 128 valence electrons. The number of imidazole rings is 1. The molecule has 5 nitrogen and oxygen atoms in total. The van der Waals surface area contributed by atoms with Crippen molar-refractivity contribution in [2.75, 3.05) is 0 Å². The molecule has 0 N–H and O–H groups in total. The van der Waals surface area contributed by atoms with Crippen LogP contribution in [0.3, 0.4) is 0 Å². The van der Waals surface area contributed by atoms with E-state index in [4.69, 9.17) is 10.1 Å². The van der Waals surface area contributed by atoms with Gasteiger partial charge < -0.3 is 4.57 Å². The first kappa shape index (κ1) is 14.9. The fourth-order valence-electron chi connectivity index (χ4n) is 4.31. The number of hydrogen-bond donors (Lipinski definition) is 0. The average molecular weight is 333 g/mol. The summed E-state index contributed by atoms with van der Waals surface area (Å²) in [7, 11) is 0. The van der Waals surface area contributed by atoms with Gasteiger partial charge in [0.25, 0.3) is 0 Å². The van der Waals surface area contributed by atoms with E-state index in [1.165, 1.54) is 37.8 Å². The van der Waals surface area contributed by atoms with Gasteiger partial charge in [0, 0.05) is 12.0 Å². The predicted molar refractivity (Wildman–Crippen MR) is 96.7 cm³/mol. The molecule has 0 spiro atoms. The summed E-state index contributed by atoms with van der Waals surface area (Å²) in [6, 6.07) is 8.44. The molecule has 1 aliphatic heterocycles. The molecule has 3 heterocycles. The number of fused-ring (bicyclic) bond motifs is 5. The summed E-state index contributed by atoms with van der Waals surface area (Å²) in [5, 5.41) is 4.89. The summed E-state index contributed by atoms with van der Waals surface area (Å²) in [5.41, 5.74) is 4.54. The zero-order valence-corrected chi connectivity index (χ0v) is 14.6. The SMILES string of the molecule is Cc1ncn2c1Cn1nc(CC3CCCCC3)nc1-c1ccccc1-2. The number of aryl methyl sites for hydroxylation is 1. The summed E-state index contributed by atoms with van der Waals surface area (Å²) >= 11 is 0. The van der Waals surface area contributed by atoms with Gasteiger partial charge >= 0.3 is 0 Å². The van der Waals surface area contributed by atoms with E-state index in [2.05, 4.69) is 45.4 Å². The fourth-order valence-corrected chi connectivity index (χ4v) is 4.31. The van der Waals surface area contributed by atoms with E-state index in [9.17, 15) is 0 Å². The van der Waals surface area contributed by atoms with Crippen molar-refractivity contribution in [1.82, 2.24) is 24.3 Å². The van der Waals surface area contributed by atoms with Crippen LogP contribution in [0.5, 0.6) is 0 Å². The lowest BCUT2D eigenvalue weighted by molar-refractivity contribution is 0.351. The highest BCUT2D eigenvalue weighted by atomic mass is 15.4. The van der Waals surface area contributed by atoms with Crippen LogP contribution in [0.2, 0.25) is 0 Å². The third-order valence-electron chi connectivity index (χ3n) is 5.69. The standard InChI is InChI=1S/C20H23N5/c1-14-18-12-25-20(16-9-5-6-10-17(16)24(18)13-21-14)22-19(23-25)11-15-7-3-2-4-8-15/h5-6,9-10,13,15H,2-4,7-8,11-12H2,1H3. The molecule has 5 heteroatoms. The smallest absolute Gasteiger partial charge is 0.160 e. The highest BCUT2D eigenvalue weighted by Crippen LogP contribution is 2.32. The summed E-state index contributed by atoms with van der Waals surface area (Å²) in [4.78, 5) is 9.47. The van der Waals surface area contributed by atoms with Crippen LogP contribution in [-0.4, -0.2) is 24.3 Å². The number of benzene rings is 1. The highest BCUT2D eigenvalue weighted by molar-refractivity contribution is 5.69. The summed E-state index contributed by atoms with van der Waals surface area (Å²) in [6.07, 6.45) is 9.69. The van der Waals surface area contributed by atoms with Gasteiger partial charge in [-0.3, -0.25) is 0 Å². The lowest BCUT2D eigenvalue weighted by atomic mass is 9.87. The number of aromatic nitrogens is 5. The molecular formula is C20H23N5. The molecule has 3 aromatic rings. The number of para-hydroxylation sites is 1. The van der Waals surface area contributed by atoms with E-state index in [0.717, 1.165) is 47.5 Å². The summed E-state index contributed by atoms with van der Waals surface area (Å²) in [5.74, 6) is 2.75. The number of rotatable bonds is 2. The topological polar surface area (TPSA) is 48.5 Å². The molecule has 0 radical (unpaired) electrons. The van der Waals surface area contributed by atoms with Gasteiger partial charge in [0.1, 0.15) is 0 Å². The number of nitrogens with zero attached hydrogens (tertiary/aromatic N) is 5. The first-order chi connectivity index (χ1) is 12.3. The van der Waals surface area contributed by atoms with Crippen LogP contribution in [-0.2, 0) is 13.0 Å². The van der Waals surface area contributed by atoms with Crippen LogP contribution in [0.15, 0.2) is 30.6 Å². The molecular weight excluding hydrogens is 310 g/mol. The molecule has 1 saturated carbocycles. The van der Waals surface area contributed by atoms with E-state index in [1.807, 2.05) is 6.33 Å². The van der Waals surface area contributed by atoms with Crippen LogP contribution in [0.25, 0.3) is 17.1 Å². The van der Waals surface area contributed by atoms with E-state index >= 15 is 0 Å². The van der Waals surface area contributed by atoms with Gasteiger partial charge in [-0.25, -0.2) is 14.6 Å². The number of hydrogen-bond acceptors (Lipinski definition) is 3. The maximum absolute atomic E-state index is 4.96. The van der Waals surface area contributed by atoms with Gasteiger partial charge in [-0.2, -0.15) is 5.10 Å². The molecule has 1 aromatic carbocycles. The second kappa shape index (κ2) is 5.83. The predicted octanol–water partition coefficient (Wildman–Crippen LogP) is 3.92. The van der Waals surface area contributed by atoms with Crippen LogP contribution in [0.4, 0.5) is 0 Å². The lowest BCUT2D eigenvalue weighted by Gasteiger charge is -2.19. The van der Waals surface area contributed by atoms with Gasteiger partial charge in [0.2, 0.25) is 0 Å². The van der Waals surface area contributed by atoms with E-state index < -0.39 is 0 Å². The Morgan fingerprint density at radius 2 is 1.96 bits per heavy atom. The van der Waals surface area contributed by atoms with Crippen molar-refractivity contribution in [3.8, 4) is 17.1 Å². The second-order valence-electron chi connectivity index (χ2n) is 7.38. The molecule has 0 bridgehead atoms. The molecule has 2 aliphatic rings. The van der Waals surface area contributed by atoms with Gasteiger partial charge in [-0.15, -0.1) is 0 Å². The Morgan fingerprint density at radius 1 is 1.12 bits per heavy atom. The molecule has 0 unspecified atom stereocenters. The van der Waals surface area contributed by atoms with Crippen LogP contribution < -0.4 is 0 Å². The minimum absolute atomic E-state index is 0.730. The van der Waals surface area contributed by atoms with Crippen LogP contribution in [0.1, 0.15) is 49.3 Å². The maximum atomic E-state index is 4.96. The first-order valence-corrected chi connectivity index (χ1v) is 9.36. The Labute approximate surface area is 147 Å². The third kappa shape index (κ3) is 2.49. The largest absolute Gasteiger partial charge is 0.300 e. The Bertz CT molecular complexity index is 914. The minimum Gasteiger partial charge on any atom is -0.300 e. The lowest BCUT2D eigenvalue weighted by Crippen LogP contribution is -2.11. The first-order valence-electron chi connectivity index (χ1n) is 9.36. The second-order valence-corrected chi connectivity index (χ2v) is 7.38. The Morgan fingerprint density at radius 3 is 2.84 bits per heavy atom. The van der Waals surface area contributed by atoms with Crippen molar-refractivity contribution < 1.29 is 0 Å². The van der Waals surface area contributed by atoms with Crippen molar-refractivity contribution in [1.29, 1.82) is 0 Å². The van der Waals surface area contributed by atoms with Crippen LogP contribution in [0, 0.1) is 12.8 Å². The summed E-state index contributed by atoms with van der Waals surface area (Å²) in [6.45, 7) is 2.80. The van der Waals surface area contributed by atoms with Crippen molar-refractivity contribution in [3.63, 3.8) is 0 Å². The van der Waals surface area contributed by atoms with Gasteiger partial charge in [-0.05, 0) is 25.0 Å². The zero-order valence-electron chi connectivity index (χ0n) is 14.6. The molecule has 25 heavy (non-hydrogen) atoms. The maximum Gasteiger partial charge on any atom is 0.160 e. The van der Waals surface area contributed by atoms with Crippen molar-refractivity contribution in [2.45, 2.75) is 52.0 Å². The van der Waals surface area contributed by atoms with Crippen molar-refractivity contribution >= 4 is 0 Å². The molecule has 0 amide bonds. The Hall–Kier alpha value is -2.43. The third-order valence-corrected chi connectivity index (χ3v) is 5.69. The summed E-state index contributed by atoms with van der Waals surface area (Å²) < 4.78 is 4.26. The minimum atomic E-state index is 0.730. The average Bonchev–Trinajstić information content (AvgIpc) is 3.17. The van der Waals surface area contributed by atoms with Gasteiger partial charge in [-0.1, -0.05) is 44.2 Å². The fraction of sp³-hybridized carbons (Fsp3) is 0.450. The van der Waals surface area contributed by atoms with Crippen molar-refractivity contribution in [2.24, 2.45) is 5.92 Å². The molecule has 1 fully saturated rings. The Kier molecular flexibility index (Phi) is 3.47. The van der Waals surface area contributed by atoms with Crippen LogP contribution >= 0.6 is 0 Å². The molecule has 0 saturated heterocycles. The van der Waals surface area contributed by atoms with E-state index in [1.54, 1.807) is 0 Å². The van der Waals surface area contributed by atoms with E-state index in [-0.39, 0.29) is 0 Å². The van der Waals surface area contributed by atoms with Gasteiger partial charge in [0.05, 0.1) is 29.9 Å². The molecule has 0 atom stereocenters. The normalized spacial score (nSPS) is 16.8. The molecule has 1 aliphatic carbocycles.